The highest BCUT2D eigenvalue weighted by atomic mass is 16.5. The molecule has 1 aromatic carbocycles. The summed E-state index contributed by atoms with van der Waals surface area (Å²) in [4.78, 5) is 4.14. The first-order chi connectivity index (χ1) is 8.88. The van der Waals surface area contributed by atoms with Crippen LogP contribution in [0.25, 0.3) is 10.9 Å². The maximum absolute atomic E-state index is 5.37. The highest BCUT2D eigenvalue weighted by Crippen LogP contribution is 2.26. The molecule has 0 saturated carbocycles. The van der Waals surface area contributed by atoms with Gasteiger partial charge in [0, 0.05) is 30.5 Å². The molecule has 0 aliphatic carbocycles. The summed E-state index contributed by atoms with van der Waals surface area (Å²) in [5.41, 5.74) is 2.37. The first-order valence-electron chi connectivity index (χ1n) is 5.89. The Balaban J connectivity index is 2.03. The van der Waals surface area contributed by atoms with E-state index in [4.69, 9.17) is 4.74 Å². The van der Waals surface area contributed by atoms with E-state index >= 15 is 0 Å². The number of hydrogen-bond acceptors (Lipinski definition) is 2. The highest BCUT2D eigenvalue weighted by molar-refractivity contribution is 5.86. The Hall–Kier alpha value is -2.29. The molecule has 0 aliphatic heterocycles. The predicted octanol–water partition coefficient (Wildman–Crippen LogP) is 3.09. The number of rotatable bonds is 3. The number of ether oxygens (including phenoxy) is 1. The molecule has 3 rings (SSSR count). The lowest BCUT2D eigenvalue weighted by Crippen LogP contribution is -1.98. The number of methoxy groups -OCH3 is 1. The number of fused-ring (bicyclic) bond motifs is 1. The normalized spacial score (nSPS) is 10.7. The van der Waals surface area contributed by atoms with E-state index in [9.17, 15) is 0 Å². The third-order valence-corrected chi connectivity index (χ3v) is 3.07. The quantitative estimate of drug-likeness (QED) is 0.701. The summed E-state index contributed by atoms with van der Waals surface area (Å²) in [5, 5.41) is 1.14. The van der Waals surface area contributed by atoms with Gasteiger partial charge in [0.05, 0.1) is 12.6 Å². The van der Waals surface area contributed by atoms with Gasteiger partial charge < -0.3 is 9.30 Å². The summed E-state index contributed by atoms with van der Waals surface area (Å²) in [6, 6.07) is 12.2. The molecular formula is C15H14N2O. The van der Waals surface area contributed by atoms with Gasteiger partial charge >= 0.3 is 0 Å². The minimum atomic E-state index is 0.824. The van der Waals surface area contributed by atoms with Crippen LogP contribution in [0.4, 0.5) is 0 Å². The molecule has 0 fully saturated rings. The maximum Gasteiger partial charge on any atom is 0.128 e. The Morgan fingerprint density at radius 1 is 1.17 bits per heavy atom. The molecule has 2 heterocycles. The molecule has 2 aromatic heterocycles. The van der Waals surface area contributed by atoms with Gasteiger partial charge in [-0.25, -0.2) is 0 Å². The fourth-order valence-electron chi connectivity index (χ4n) is 2.20. The van der Waals surface area contributed by atoms with Crippen LogP contribution in [-0.4, -0.2) is 16.7 Å². The zero-order valence-electron chi connectivity index (χ0n) is 10.2. The van der Waals surface area contributed by atoms with Gasteiger partial charge in [-0.15, -0.1) is 0 Å². The van der Waals surface area contributed by atoms with E-state index in [1.807, 2.05) is 24.4 Å². The first-order valence-corrected chi connectivity index (χ1v) is 5.89. The second-order valence-corrected chi connectivity index (χ2v) is 4.20. The molecule has 3 heteroatoms. The Morgan fingerprint density at radius 2 is 2.11 bits per heavy atom. The van der Waals surface area contributed by atoms with E-state index < -0.39 is 0 Å². The summed E-state index contributed by atoms with van der Waals surface area (Å²) in [7, 11) is 1.70. The van der Waals surface area contributed by atoms with Gasteiger partial charge in [0.25, 0.3) is 0 Å². The van der Waals surface area contributed by atoms with Crippen molar-refractivity contribution in [1.82, 2.24) is 9.55 Å². The topological polar surface area (TPSA) is 27.1 Å². The Labute approximate surface area is 106 Å². The second kappa shape index (κ2) is 4.53. The summed E-state index contributed by atoms with van der Waals surface area (Å²) in [6.07, 6.45) is 5.77. The molecule has 90 valence electrons. The summed E-state index contributed by atoms with van der Waals surface area (Å²) < 4.78 is 7.57. The molecule has 0 atom stereocenters. The van der Waals surface area contributed by atoms with Crippen LogP contribution in [0.3, 0.4) is 0 Å². The van der Waals surface area contributed by atoms with Crippen molar-refractivity contribution < 1.29 is 4.74 Å². The molecule has 0 spiro atoms. The average Bonchev–Trinajstić information content (AvgIpc) is 2.83. The van der Waals surface area contributed by atoms with Crippen LogP contribution in [0, 0.1) is 0 Å². The summed E-state index contributed by atoms with van der Waals surface area (Å²) >= 11 is 0. The molecule has 0 saturated heterocycles. The van der Waals surface area contributed by atoms with E-state index in [1.54, 1.807) is 13.3 Å². The fraction of sp³-hybridized carbons (Fsp3) is 0.133. The van der Waals surface area contributed by atoms with Gasteiger partial charge in [-0.2, -0.15) is 0 Å². The first kappa shape index (κ1) is 10.8. The monoisotopic (exact) mass is 238 g/mol. The van der Waals surface area contributed by atoms with Crippen molar-refractivity contribution in [2.24, 2.45) is 0 Å². The van der Waals surface area contributed by atoms with Crippen LogP contribution in [0.1, 0.15) is 5.56 Å². The summed E-state index contributed by atoms with van der Waals surface area (Å²) in [6.45, 7) is 0.824. The lowest BCUT2D eigenvalue weighted by Gasteiger charge is -2.06. The molecule has 0 amide bonds. The van der Waals surface area contributed by atoms with Gasteiger partial charge in [-0.3, -0.25) is 4.98 Å². The van der Waals surface area contributed by atoms with Crippen LogP contribution in [-0.2, 0) is 6.54 Å². The third-order valence-electron chi connectivity index (χ3n) is 3.07. The van der Waals surface area contributed by atoms with Crippen LogP contribution in [0.2, 0.25) is 0 Å². The van der Waals surface area contributed by atoms with Crippen molar-refractivity contribution in [2.45, 2.75) is 6.54 Å². The predicted molar refractivity (Wildman–Crippen MR) is 71.8 cm³/mol. The number of benzene rings is 1. The van der Waals surface area contributed by atoms with Crippen LogP contribution in [0.5, 0.6) is 5.75 Å². The van der Waals surface area contributed by atoms with E-state index in [2.05, 4.69) is 33.9 Å². The zero-order chi connectivity index (χ0) is 12.4. The molecule has 0 radical (unpaired) electrons. The SMILES string of the molecule is COc1cccc2c1ccn2Cc1cccnc1. The van der Waals surface area contributed by atoms with E-state index in [0.717, 1.165) is 17.7 Å². The number of pyridine rings is 1. The zero-order valence-corrected chi connectivity index (χ0v) is 10.2. The van der Waals surface area contributed by atoms with E-state index in [1.165, 1.54) is 11.1 Å². The molecular weight excluding hydrogens is 224 g/mol. The lowest BCUT2D eigenvalue weighted by atomic mass is 10.2. The summed E-state index contributed by atoms with van der Waals surface area (Å²) in [5.74, 6) is 0.914. The van der Waals surface area contributed by atoms with Crippen molar-refractivity contribution in [3.05, 3.63) is 60.6 Å². The molecule has 0 N–H and O–H groups in total. The Kier molecular flexibility index (Phi) is 2.73. The van der Waals surface area contributed by atoms with Crippen molar-refractivity contribution in [2.75, 3.05) is 7.11 Å². The standard InChI is InChI=1S/C15H14N2O/c1-18-15-6-2-5-14-13(15)7-9-17(14)11-12-4-3-8-16-10-12/h2-10H,11H2,1H3. The van der Waals surface area contributed by atoms with Crippen molar-refractivity contribution >= 4 is 10.9 Å². The van der Waals surface area contributed by atoms with Crippen LogP contribution >= 0.6 is 0 Å². The van der Waals surface area contributed by atoms with Gasteiger partial charge in [0.15, 0.2) is 0 Å². The highest BCUT2D eigenvalue weighted by Gasteiger charge is 2.05. The fourth-order valence-corrected chi connectivity index (χ4v) is 2.20. The minimum Gasteiger partial charge on any atom is -0.496 e. The Morgan fingerprint density at radius 3 is 2.89 bits per heavy atom. The molecule has 18 heavy (non-hydrogen) atoms. The minimum absolute atomic E-state index is 0.824. The second-order valence-electron chi connectivity index (χ2n) is 4.20. The molecule has 3 aromatic rings. The van der Waals surface area contributed by atoms with Crippen molar-refractivity contribution in [1.29, 1.82) is 0 Å². The average molecular weight is 238 g/mol. The van der Waals surface area contributed by atoms with Gasteiger partial charge in [0.1, 0.15) is 5.75 Å². The maximum atomic E-state index is 5.37. The van der Waals surface area contributed by atoms with E-state index in [-0.39, 0.29) is 0 Å². The van der Waals surface area contributed by atoms with Crippen molar-refractivity contribution in [3.8, 4) is 5.75 Å². The van der Waals surface area contributed by atoms with Gasteiger partial charge in [0.2, 0.25) is 0 Å². The van der Waals surface area contributed by atoms with Crippen LogP contribution in [0.15, 0.2) is 55.0 Å². The number of hydrogen-bond donors (Lipinski definition) is 0. The van der Waals surface area contributed by atoms with Crippen LogP contribution < -0.4 is 4.74 Å². The van der Waals surface area contributed by atoms with Gasteiger partial charge in [-0.1, -0.05) is 12.1 Å². The molecule has 0 bridgehead atoms. The molecule has 0 aliphatic rings. The lowest BCUT2D eigenvalue weighted by molar-refractivity contribution is 0.420. The van der Waals surface area contributed by atoms with E-state index in [0.29, 0.717) is 0 Å². The molecule has 3 nitrogen and oxygen atoms in total. The Bertz CT molecular complexity index is 659. The molecule has 0 unspecified atom stereocenters. The van der Waals surface area contributed by atoms with Crippen molar-refractivity contribution in [3.63, 3.8) is 0 Å². The number of aromatic nitrogens is 2. The van der Waals surface area contributed by atoms with Gasteiger partial charge in [-0.05, 0) is 29.8 Å². The smallest absolute Gasteiger partial charge is 0.128 e. The largest absolute Gasteiger partial charge is 0.496 e. The third kappa shape index (κ3) is 1.84. The number of nitrogens with zero attached hydrogens (tertiary/aromatic N) is 2.